The number of allylic oxidation sites excluding steroid dienone is 1. The summed E-state index contributed by atoms with van der Waals surface area (Å²) in [6.07, 6.45) is 0.816. The molecule has 0 aliphatic carbocycles. The number of para-hydroxylation sites is 2. The van der Waals surface area contributed by atoms with Gasteiger partial charge in [-0.3, -0.25) is 0 Å². The zero-order valence-corrected chi connectivity index (χ0v) is 17.8. The largest absolute Gasteiger partial charge is 0.493 e. The van der Waals surface area contributed by atoms with Gasteiger partial charge in [-0.05, 0) is 53.6 Å². The maximum absolute atomic E-state index is 12.6. The highest BCUT2D eigenvalue weighted by Crippen LogP contribution is 2.33. The van der Waals surface area contributed by atoms with Gasteiger partial charge >= 0.3 is 5.97 Å². The van der Waals surface area contributed by atoms with Crippen LogP contribution in [0.15, 0.2) is 66.7 Å². The number of nitriles is 1. The van der Waals surface area contributed by atoms with E-state index >= 15 is 0 Å². The van der Waals surface area contributed by atoms with Gasteiger partial charge in [0.2, 0.25) is 6.10 Å². The summed E-state index contributed by atoms with van der Waals surface area (Å²) in [7, 11) is 1.47. The zero-order valence-electron chi connectivity index (χ0n) is 17.1. The molecule has 0 saturated heterocycles. The Morgan fingerprint density at radius 1 is 1.09 bits per heavy atom. The molecule has 7 heteroatoms. The van der Waals surface area contributed by atoms with E-state index in [9.17, 15) is 10.1 Å². The van der Waals surface area contributed by atoms with Crippen LogP contribution in [0.1, 0.15) is 11.1 Å². The van der Waals surface area contributed by atoms with Crippen molar-refractivity contribution < 1.29 is 23.7 Å². The van der Waals surface area contributed by atoms with Crippen LogP contribution in [-0.4, -0.2) is 25.8 Å². The third-order valence-electron chi connectivity index (χ3n) is 4.76. The predicted octanol–water partition coefficient (Wildman–Crippen LogP) is 5.16. The summed E-state index contributed by atoms with van der Waals surface area (Å²) in [4.78, 5) is 12.6. The van der Waals surface area contributed by atoms with Gasteiger partial charge in [-0.2, -0.15) is 5.26 Å². The second-order valence-corrected chi connectivity index (χ2v) is 7.31. The minimum Gasteiger partial charge on any atom is -0.493 e. The first-order chi connectivity index (χ1) is 15.6. The molecule has 1 heterocycles. The zero-order chi connectivity index (χ0) is 22.5. The number of carbonyl (C=O) groups excluding carboxylic acids is 1. The molecule has 0 amide bonds. The molecular weight excluding hydrogens is 430 g/mol. The monoisotopic (exact) mass is 447 g/mol. The van der Waals surface area contributed by atoms with Crippen LogP contribution >= 0.6 is 11.6 Å². The summed E-state index contributed by atoms with van der Waals surface area (Å²) in [5.74, 6) is 1.05. The van der Waals surface area contributed by atoms with Crippen molar-refractivity contribution in [2.24, 2.45) is 0 Å². The number of fused-ring (bicyclic) bond motifs is 1. The number of carbonyl (C=O) groups is 1. The molecule has 6 nitrogen and oxygen atoms in total. The first-order valence-corrected chi connectivity index (χ1v) is 10.1. The molecule has 3 aromatic rings. The van der Waals surface area contributed by atoms with Gasteiger partial charge in [-0.15, -0.1) is 0 Å². The van der Waals surface area contributed by atoms with Crippen molar-refractivity contribution in [2.75, 3.05) is 13.7 Å². The number of hydrogen-bond acceptors (Lipinski definition) is 6. The van der Waals surface area contributed by atoms with E-state index in [0.717, 1.165) is 5.56 Å². The Bertz CT molecular complexity index is 1210. The number of benzene rings is 3. The van der Waals surface area contributed by atoms with Gasteiger partial charge in [0.1, 0.15) is 6.61 Å². The molecule has 0 aromatic heterocycles. The van der Waals surface area contributed by atoms with E-state index in [2.05, 4.69) is 6.07 Å². The molecule has 0 bridgehead atoms. The third kappa shape index (κ3) is 4.69. The first-order valence-electron chi connectivity index (χ1n) is 9.73. The van der Waals surface area contributed by atoms with Crippen molar-refractivity contribution in [2.45, 2.75) is 6.10 Å². The number of hydrogen-bond donors (Lipinski definition) is 0. The molecule has 1 atom stereocenters. The predicted molar refractivity (Wildman–Crippen MR) is 120 cm³/mol. The summed E-state index contributed by atoms with van der Waals surface area (Å²) in [6, 6.07) is 21.3. The fourth-order valence-electron chi connectivity index (χ4n) is 3.14. The van der Waals surface area contributed by atoms with Crippen LogP contribution in [0.2, 0.25) is 5.02 Å². The van der Waals surface area contributed by atoms with E-state index in [0.29, 0.717) is 33.4 Å². The van der Waals surface area contributed by atoms with E-state index in [1.54, 1.807) is 66.7 Å². The highest BCUT2D eigenvalue weighted by Gasteiger charge is 2.29. The lowest BCUT2D eigenvalue weighted by atomic mass is 10.0. The molecule has 1 aliphatic heterocycles. The average molecular weight is 448 g/mol. The number of nitrogens with zero attached hydrogens (tertiary/aromatic N) is 1. The van der Waals surface area contributed by atoms with Gasteiger partial charge in [-0.25, -0.2) is 4.79 Å². The smallest absolute Gasteiger partial charge is 0.356 e. The maximum Gasteiger partial charge on any atom is 0.356 e. The van der Waals surface area contributed by atoms with Crippen molar-refractivity contribution in [1.82, 2.24) is 0 Å². The summed E-state index contributed by atoms with van der Waals surface area (Å²) in [5, 5.41) is 10.1. The summed E-state index contributed by atoms with van der Waals surface area (Å²) >= 11 is 5.92. The lowest BCUT2D eigenvalue weighted by Gasteiger charge is -2.25. The molecule has 160 valence electrons. The minimum atomic E-state index is -0.899. The Kier molecular flexibility index (Phi) is 6.29. The van der Waals surface area contributed by atoms with Crippen molar-refractivity contribution in [1.29, 1.82) is 5.26 Å². The average Bonchev–Trinajstić information content (AvgIpc) is 2.83. The molecule has 1 aliphatic rings. The van der Waals surface area contributed by atoms with Gasteiger partial charge in [0, 0.05) is 5.02 Å². The van der Waals surface area contributed by atoms with Gasteiger partial charge in [-0.1, -0.05) is 41.9 Å². The van der Waals surface area contributed by atoms with Crippen LogP contribution in [0, 0.1) is 11.3 Å². The van der Waals surface area contributed by atoms with E-state index in [4.69, 9.17) is 30.5 Å². The second-order valence-electron chi connectivity index (χ2n) is 6.87. The number of esters is 1. The van der Waals surface area contributed by atoms with Crippen LogP contribution in [-0.2, 0) is 4.79 Å². The van der Waals surface area contributed by atoms with E-state index in [-0.39, 0.29) is 12.4 Å². The third-order valence-corrected chi connectivity index (χ3v) is 5.01. The topological polar surface area (TPSA) is 77.8 Å². The van der Waals surface area contributed by atoms with Crippen LogP contribution in [0.4, 0.5) is 0 Å². The standard InChI is InChI=1S/C25H18ClNO5/c1-29-23-13-16(12-18(14-27)17-7-9-19(26)10-8-17)6-11-22(23)32-25(28)24-15-30-20-4-2-3-5-21(20)31-24/h2-13,24H,15H2,1H3/b18-12+/t24-/m1/s1. The Labute approximate surface area is 190 Å². The van der Waals surface area contributed by atoms with Crippen LogP contribution in [0.3, 0.4) is 0 Å². The van der Waals surface area contributed by atoms with Crippen molar-refractivity contribution >= 4 is 29.2 Å². The molecule has 0 spiro atoms. The Hall–Kier alpha value is -3.95. The normalized spacial score (nSPS) is 14.9. The van der Waals surface area contributed by atoms with Crippen molar-refractivity contribution in [3.8, 4) is 29.1 Å². The number of ether oxygens (including phenoxy) is 4. The van der Waals surface area contributed by atoms with E-state index in [1.165, 1.54) is 7.11 Å². The maximum atomic E-state index is 12.6. The van der Waals surface area contributed by atoms with Crippen LogP contribution < -0.4 is 18.9 Å². The minimum absolute atomic E-state index is 0.0472. The molecule has 4 rings (SSSR count). The van der Waals surface area contributed by atoms with Crippen molar-refractivity contribution in [3.63, 3.8) is 0 Å². The number of rotatable bonds is 5. The lowest BCUT2D eigenvalue weighted by molar-refractivity contribution is -0.144. The molecular formula is C25H18ClNO5. The Balaban J connectivity index is 1.52. The summed E-state index contributed by atoms with van der Waals surface area (Å²) in [6.45, 7) is 0.0472. The first kappa shape index (κ1) is 21.3. The molecule has 0 fully saturated rings. The van der Waals surface area contributed by atoms with Crippen molar-refractivity contribution in [3.05, 3.63) is 82.9 Å². The molecule has 0 N–H and O–H groups in total. The van der Waals surface area contributed by atoms with Gasteiger partial charge in [0.05, 0.1) is 18.8 Å². The second kappa shape index (κ2) is 9.46. The summed E-state index contributed by atoms with van der Waals surface area (Å²) in [5.41, 5.74) is 1.90. The number of halogens is 1. The molecule has 0 saturated carbocycles. The van der Waals surface area contributed by atoms with E-state index < -0.39 is 12.1 Å². The molecule has 0 radical (unpaired) electrons. The fraction of sp³-hybridized carbons (Fsp3) is 0.120. The quantitative estimate of drug-likeness (QED) is 0.233. The van der Waals surface area contributed by atoms with Crippen LogP contribution in [0.25, 0.3) is 11.6 Å². The van der Waals surface area contributed by atoms with Gasteiger partial charge < -0.3 is 18.9 Å². The van der Waals surface area contributed by atoms with Crippen LogP contribution in [0.5, 0.6) is 23.0 Å². The number of methoxy groups -OCH3 is 1. The van der Waals surface area contributed by atoms with Gasteiger partial charge in [0.25, 0.3) is 0 Å². The molecule has 0 unspecified atom stereocenters. The van der Waals surface area contributed by atoms with Gasteiger partial charge in [0.15, 0.2) is 23.0 Å². The SMILES string of the molecule is COc1cc(/C=C(\C#N)c2ccc(Cl)cc2)ccc1OC(=O)[C@H]1COc2ccccc2O1. The highest BCUT2D eigenvalue weighted by molar-refractivity contribution is 6.30. The summed E-state index contributed by atoms with van der Waals surface area (Å²) < 4.78 is 22.2. The van der Waals surface area contributed by atoms with E-state index in [1.807, 2.05) is 6.07 Å². The molecule has 3 aromatic carbocycles. The fourth-order valence-corrected chi connectivity index (χ4v) is 3.27. The highest BCUT2D eigenvalue weighted by atomic mass is 35.5. The lowest BCUT2D eigenvalue weighted by Crippen LogP contribution is -2.39. The molecule has 32 heavy (non-hydrogen) atoms. The Morgan fingerprint density at radius 3 is 2.56 bits per heavy atom. The Morgan fingerprint density at radius 2 is 1.84 bits per heavy atom.